The van der Waals surface area contributed by atoms with Gasteiger partial charge in [-0.1, -0.05) is 34.4 Å². The molecule has 0 unspecified atom stereocenters. The van der Waals surface area contributed by atoms with E-state index in [4.69, 9.17) is 27.7 Å². The number of nitrogens with one attached hydrogen (secondary N) is 1. The maximum atomic E-state index is 12.1. The van der Waals surface area contributed by atoms with Gasteiger partial charge in [-0.15, -0.1) is 0 Å². The van der Waals surface area contributed by atoms with E-state index in [0.29, 0.717) is 5.76 Å². The second-order valence-corrected chi connectivity index (χ2v) is 7.48. The minimum atomic E-state index is -3.73. The van der Waals surface area contributed by atoms with E-state index in [9.17, 15) is 13.2 Å². The predicted octanol–water partition coefficient (Wildman–Crippen LogP) is 2.84. The van der Waals surface area contributed by atoms with Crippen LogP contribution in [0.2, 0.25) is 10.0 Å². The monoisotopic (exact) mass is 362 g/mol. The Labute approximate surface area is 137 Å². The lowest BCUT2D eigenvalue weighted by Crippen LogP contribution is -2.24. The number of hydrogen-bond acceptors (Lipinski definition) is 5. The van der Waals surface area contributed by atoms with Gasteiger partial charge in [0.2, 0.25) is 5.91 Å². The molecule has 0 saturated carbocycles. The normalized spacial score (nSPS) is 11.4. The van der Waals surface area contributed by atoms with Crippen molar-refractivity contribution in [2.75, 3.05) is 11.1 Å². The zero-order valence-electron chi connectivity index (χ0n) is 11.5. The molecule has 1 heterocycles. The maximum absolute atomic E-state index is 12.1. The molecule has 0 atom stereocenters. The summed E-state index contributed by atoms with van der Waals surface area (Å²) in [6.45, 7) is 1.65. The van der Waals surface area contributed by atoms with E-state index in [0.717, 1.165) is 0 Å². The number of aromatic nitrogens is 1. The summed E-state index contributed by atoms with van der Waals surface area (Å²) in [7, 11) is -3.73. The van der Waals surface area contributed by atoms with Crippen molar-refractivity contribution in [2.24, 2.45) is 0 Å². The van der Waals surface area contributed by atoms with Crippen LogP contribution < -0.4 is 5.32 Å². The Kier molecular flexibility index (Phi) is 5.10. The number of amides is 1. The van der Waals surface area contributed by atoms with Crippen LogP contribution in [0.1, 0.15) is 11.3 Å². The van der Waals surface area contributed by atoms with E-state index >= 15 is 0 Å². The maximum Gasteiger partial charge on any atom is 0.240 e. The molecule has 0 saturated heterocycles. The van der Waals surface area contributed by atoms with Gasteiger partial charge < -0.3 is 9.84 Å². The number of nitrogens with zero attached hydrogens (tertiary/aromatic N) is 1. The fourth-order valence-electron chi connectivity index (χ4n) is 1.75. The number of carbonyl (C=O) groups is 1. The van der Waals surface area contributed by atoms with Crippen molar-refractivity contribution < 1.29 is 17.7 Å². The largest absolute Gasteiger partial charge is 0.360 e. The summed E-state index contributed by atoms with van der Waals surface area (Å²) in [5, 5.41) is 6.38. The van der Waals surface area contributed by atoms with E-state index in [1.54, 1.807) is 13.0 Å². The third kappa shape index (κ3) is 4.46. The van der Waals surface area contributed by atoms with Crippen LogP contribution in [0, 0.1) is 6.92 Å². The highest BCUT2D eigenvalue weighted by molar-refractivity contribution is 7.91. The number of hydrogen-bond donors (Lipinski definition) is 1. The van der Waals surface area contributed by atoms with Gasteiger partial charge in [0.15, 0.2) is 15.7 Å². The molecule has 2 aromatic rings. The third-order valence-corrected chi connectivity index (χ3v) is 4.81. The number of carbonyl (C=O) groups excluding carboxylic acids is 1. The van der Waals surface area contributed by atoms with Crippen LogP contribution in [-0.2, 0) is 20.4 Å². The van der Waals surface area contributed by atoms with E-state index in [2.05, 4.69) is 10.5 Å². The fourth-order valence-corrected chi connectivity index (χ4v) is 3.76. The Balaban J connectivity index is 2.06. The Bertz CT molecular complexity index is 782. The van der Waals surface area contributed by atoms with Gasteiger partial charge in [-0.25, -0.2) is 8.42 Å². The lowest BCUT2D eigenvalue weighted by atomic mass is 10.2. The fraction of sp³-hybridized carbons (Fsp3) is 0.231. The molecule has 1 aromatic heterocycles. The van der Waals surface area contributed by atoms with Crippen molar-refractivity contribution >= 4 is 44.8 Å². The first-order chi connectivity index (χ1) is 10.3. The van der Waals surface area contributed by atoms with Crippen LogP contribution in [0.4, 0.5) is 5.82 Å². The van der Waals surface area contributed by atoms with Gasteiger partial charge in [0, 0.05) is 21.7 Å². The zero-order chi connectivity index (χ0) is 16.3. The third-order valence-electron chi connectivity index (χ3n) is 2.67. The van der Waals surface area contributed by atoms with Gasteiger partial charge >= 0.3 is 0 Å². The van der Waals surface area contributed by atoms with Crippen molar-refractivity contribution in [3.63, 3.8) is 0 Å². The molecule has 22 heavy (non-hydrogen) atoms. The highest BCUT2D eigenvalue weighted by Gasteiger charge is 2.21. The first-order valence-corrected chi connectivity index (χ1v) is 8.71. The standard InChI is InChI=1S/C13H12Cl2N2O4S/c1-8-5-12(17-21-8)16-13(18)7-22(19,20)6-9-10(14)3-2-4-11(9)15/h2-5H,6-7H2,1H3,(H,16,17,18). The molecule has 0 spiro atoms. The van der Waals surface area contributed by atoms with Gasteiger partial charge in [0.25, 0.3) is 0 Å². The molecule has 1 aromatic carbocycles. The smallest absolute Gasteiger partial charge is 0.240 e. The molecular formula is C13H12Cl2N2O4S. The highest BCUT2D eigenvalue weighted by Crippen LogP contribution is 2.26. The quantitative estimate of drug-likeness (QED) is 0.882. The number of benzene rings is 1. The molecule has 1 N–H and O–H groups in total. The molecule has 0 radical (unpaired) electrons. The highest BCUT2D eigenvalue weighted by atomic mass is 35.5. The SMILES string of the molecule is Cc1cc(NC(=O)CS(=O)(=O)Cc2c(Cl)cccc2Cl)no1. The summed E-state index contributed by atoms with van der Waals surface area (Å²) < 4.78 is 29.0. The lowest BCUT2D eigenvalue weighted by molar-refractivity contribution is -0.113. The number of anilines is 1. The first-order valence-electron chi connectivity index (χ1n) is 6.13. The van der Waals surface area contributed by atoms with Gasteiger partial charge in [-0.05, 0) is 19.1 Å². The van der Waals surface area contributed by atoms with Crippen molar-refractivity contribution in [1.29, 1.82) is 0 Å². The molecule has 0 bridgehead atoms. The summed E-state index contributed by atoms with van der Waals surface area (Å²) in [6.07, 6.45) is 0. The Morgan fingerprint density at radius 1 is 1.32 bits per heavy atom. The number of aryl methyl sites for hydroxylation is 1. The van der Waals surface area contributed by atoms with Crippen LogP contribution in [-0.4, -0.2) is 25.2 Å². The summed E-state index contributed by atoms with van der Waals surface area (Å²) >= 11 is 11.9. The molecule has 0 fully saturated rings. The first kappa shape index (κ1) is 16.8. The summed E-state index contributed by atoms with van der Waals surface area (Å²) in [5.41, 5.74) is 0.274. The van der Waals surface area contributed by atoms with E-state index < -0.39 is 27.3 Å². The summed E-state index contributed by atoms with van der Waals surface area (Å²) in [6, 6.07) is 6.17. The Hall–Kier alpha value is -1.57. The average Bonchev–Trinajstić information content (AvgIpc) is 2.78. The minimum absolute atomic E-state index is 0.161. The van der Waals surface area contributed by atoms with E-state index in [1.165, 1.54) is 18.2 Å². The van der Waals surface area contributed by atoms with E-state index in [1.807, 2.05) is 0 Å². The van der Waals surface area contributed by atoms with Gasteiger partial charge in [0.05, 0.1) is 5.75 Å². The zero-order valence-corrected chi connectivity index (χ0v) is 13.8. The average molecular weight is 363 g/mol. The van der Waals surface area contributed by atoms with Crippen LogP contribution in [0.5, 0.6) is 0 Å². The summed E-state index contributed by atoms with van der Waals surface area (Å²) in [4.78, 5) is 11.8. The number of halogens is 2. The van der Waals surface area contributed by atoms with Gasteiger partial charge in [-0.2, -0.15) is 0 Å². The molecule has 1 amide bonds. The minimum Gasteiger partial charge on any atom is -0.360 e. The Morgan fingerprint density at radius 2 is 1.95 bits per heavy atom. The summed E-state index contributed by atoms with van der Waals surface area (Å²) in [5.74, 6) is -1.18. The topological polar surface area (TPSA) is 89.3 Å². The second kappa shape index (κ2) is 6.68. The van der Waals surface area contributed by atoms with Gasteiger partial charge in [-0.3, -0.25) is 4.79 Å². The second-order valence-electron chi connectivity index (χ2n) is 4.60. The molecule has 6 nitrogen and oxygen atoms in total. The van der Waals surface area contributed by atoms with Crippen molar-refractivity contribution in [1.82, 2.24) is 5.16 Å². The van der Waals surface area contributed by atoms with Crippen LogP contribution in [0.15, 0.2) is 28.8 Å². The molecular weight excluding hydrogens is 351 g/mol. The van der Waals surface area contributed by atoms with Crippen molar-refractivity contribution in [3.8, 4) is 0 Å². The van der Waals surface area contributed by atoms with Crippen molar-refractivity contribution in [2.45, 2.75) is 12.7 Å². The molecule has 118 valence electrons. The van der Waals surface area contributed by atoms with E-state index in [-0.39, 0.29) is 21.4 Å². The molecule has 0 aliphatic carbocycles. The van der Waals surface area contributed by atoms with Crippen LogP contribution in [0.3, 0.4) is 0 Å². The van der Waals surface area contributed by atoms with Crippen LogP contribution >= 0.6 is 23.2 Å². The van der Waals surface area contributed by atoms with Crippen LogP contribution in [0.25, 0.3) is 0 Å². The number of sulfone groups is 1. The predicted molar refractivity (Wildman–Crippen MR) is 83.8 cm³/mol. The number of rotatable bonds is 5. The van der Waals surface area contributed by atoms with Crippen molar-refractivity contribution in [3.05, 3.63) is 45.6 Å². The molecule has 0 aliphatic rings. The Morgan fingerprint density at radius 3 is 2.50 bits per heavy atom. The van der Waals surface area contributed by atoms with Gasteiger partial charge in [0.1, 0.15) is 11.5 Å². The lowest BCUT2D eigenvalue weighted by Gasteiger charge is -2.08. The molecule has 2 rings (SSSR count). The molecule has 9 heteroatoms. The molecule has 0 aliphatic heterocycles.